The highest BCUT2D eigenvalue weighted by Crippen LogP contribution is 2.18. The lowest BCUT2D eigenvalue weighted by atomic mass is 9.95. The van der Waals surface area contributed by atoms with Gasteiger partial charge in [-0.3, -0.25) is 4.79 Å². The Kier molecular flexibility index (Phi) is 1.55. The second kappa shape index (κ2) is 2.57. The van der Waals surface area contributed by atoms with E-state index in [1.54, 1.807) is 18.2 Å². The summed E-state index contributed by atoms with van der Waals surface area (Å²) in [5.74, 6) is -0.215. The number of hydrogen-bond acceptors (Lipinski definition) is 2. The van der Waals surface area contributed by atoms with Gasteiger partial charge in [0.15, 0.2) is 5.78 Å². The Hall–Kier alpha value is -1.41. The fourth-order valence-electron chi connectivity index (χ4n) is 1.31. The first kappa shape index (κ1) is 7.25. The maximum atomic E-state index is 11.3. The molecule has 0 bridgehead atoms. The van der Waals surface area contributed by atoms with E-state index in [9.17, 15) is 9.90 Å². The minimum atomic E-state index is -0.958. The molecule has 1 aliphatic rings. The van der Waals surface area contributed by atoms with Crippen LogP contribution in [0.2, 0.25) is 0 Å². The van der Waals surface area contributed by atoms with Gasteiger partial charge in [0.1, 0.15) is 6.10 Å². The van der Waals surface area contributed by atoms with Crippen LogP contribution in [0.5, 0.6) is 0 Å². The third-order valence-corrected chi connectivity index (χ3v) is 1.95. The minimum absolute atomic E-state index is 0.215. The Morgan fingerprint density at radius 1 is 1.25 bits per heavy atom. The van der Waals surface area contributed by atoms with E-state index in [0.717, 1.165) is 5.56 Å². The molecule has 2 heteroatoms. The monoisotopic (exact) mass is 160 g/mol. The maximum absolute atomic E-state index is 11.3. The smallest absolute Gasteiger partial charge is 0.195 e. The summed E-state index contributed by atoms with van der Waals surface area (Å²) in [6.07, 6.45) is 2.31. The molecule has 0 saturated heterocycles. The van der Waals surface area contributed by atoms with Gasteiger partial charge in [0.25, 0.3) is 0 Å². The van der Waals surface area contributed by atoms with Crippen LogP contribution >= 0.6 is 0 Å². The third-order valence-electron chi connectivity index (χ3n) is 1.95. The molecule has 1 N–H and O–H groups in total. The number of ketones is 1. The Morgan fingerprint density at radius 3 is 2.83 bits per heavy atom. The second-order valence-corrected chi connectivity index (χ2v) is 2.76. The molecule has 0 radical (unpaired) electrons. The summed E-state index contributed by atoms with van der Waals surface area (Å²) >= 11 is 0. The zero-order valence-corrected chi connectivity index (χ0v) is 6.40. The van der Waals surface area contributed by atoms with Crippen LogP contribution in [0.4, 0.5) is 0 Å². The number of carbonyl (C=O) groups excluding carboxylic acids is 1. The fraction of sp³-hybridized carbons (Fsp3) is 0.100. The van der Waals surface area contributed by atoms with Crippen molar-refractivity contribution in [1.82, 2.24) is 0 Å². The lowest BCUT2D eigenvalue weighted by Gasteiger charge is -2.12. The normalized spacial score (nSPS) is 20.8. The van der Waals surface area contributed by atoms with Crippen molar-refractivity contribution < 1.29 is 9.90 Å². The van der Waals surface area contributed by atoms with Gasteiger partial charge in [-0.15, -0.1) is 0 Å². The predicted molar refractivity (Wildman–Crippen MR) is 45.8 cm³/mol. The lowest BCUT2D eigenvalue weighted by molar-refractivity contribution is 0.0818. The van der Waals surface area contributed by atoms with E-state index in [4.69, 9.17) is 0 Å². The molecule has 2 rings (SSSR count). The predicted octanol–water partition coefficient (Wildman–Crippen LogP) is 1.26. The number of aliphatic hydroxyl groups excluding tert-OH is 1. The molecule has 0 heterocycles. The molecule has 0 aliphatic heterocycles. The van der Waals surface area contributed by atoms with Gasteiger partial charge in [-0.2, -0.15) is 0 Å². The van der Waals surface area contributed by atoms with Gasteiger partial charge in [0, 0.05) is 5.56 Å². The molecule has 0 aromatic heterocycles. The van der Waals surface area contributed by atoms with Crippen LogP contribution in [0.1, 0.15) is 15.9 Å². The van der Waals surface area contributed by atoms with Gasteiger partial charge in [0.05, 0.1) is 0 Å². The molecule has 1 aromatic carbocycles. The highest BCUT2D eigenvalue weighted by Gasteiger charge is 2.19. The van der Waals surface area contributed by atoms with Crippen molar-refractivity contribution in [3.63, 3.8) is 0 Å². The molecule has 2 nitrogen and oxygen atoms in total. The quantitative estimate of drug-likeness (QED) is 0.620. The van der Waals surface area contributed by atoms with E-state index in [-0.39, 0.29) is 5.78 Å². The number of benzene rings is 1. The molecule has 1 aromatic rings. The number of Topliss-reactive ketones (excluding diaryl/α,β-unsaturated/α-hetero) is 1. The van der Waals surface area contributed by atoms with Crippen molar-refractivity contribution in [1.29, 1.82) is 0 Å². The first-order chi connectivity index (χ1) is 5.79. The summed E-state index contributed by atoms with van der Waals surface area (Å²) in [6, 6.07) is 7.25. The van der Waals surface area contributed by atoms with Crippen LogP contribution in [-0.2, 0) is 0 Å². The van der Waals surface area contributed by atoms with Crippen LogP contribution in [0.15, 0.2) is 30.3 Å². The second-order valence-electron chi connectivity index (χ2n) is 2.76. The molecule has 60 valence electrons. The van der Waals surface area contributed by atoms with Crippen LogP contribution in [-0.4, -0.2) is 17.0 Å². The van der Waals surface area contributed by atoms with Crippen molar-refractivity contribution in [2.24, 2.45) is 0 Å². The molecular formula is C10H8O2. The van der Waals surface area contributed by atoms with Crippen molar-refractivity contribution in [2.75, 3.05) is 0 Å². The summed E-state index contributed by atoms with van der Waals surface area (Å²) in [5, 5.41) is 9.19. The Morgan fingerprint density at radius 2 is 2.00 bits per heavy atom. The number of rotatable bonds is 0. The Labute approximate surface area is 70.2 Å². The van der Waals surface area contributed by atoms with Crippen molar-refractivity contribution in [3.8, 4) is 0 Å². The molecule has 0 amide bonds. The first-order valence-corrected chi connectivity index (χ1v) is 3.78. The van der Waals surface area contributed by atoms with Crippen molar-refractivity contribution in [3.05, 3.63) is 41.5 Å². The standard InChI is InChI=1S/C10H8O2/c11-9-6-5-7-3-1-2-4-8(7)10(9)12/h1-6,9,11H. The average Bonchev–Trinajstić information content (AvgIpc) is 2.12. The maximum Gasteiger partial charge on any atom is 0.195 e. The first-order valence-electron chi connectivity index (χ1n) is 3.78. The van der Waals surface area contributed by atoms with Gasteiger partial charge in [-0.1, -0.05) is 30.3 Å². The summed E-state index contributed by atoms with van der Waals surface area (Å²) < 4.78 is 0. The van der Waals surface area contributed by atoms with Crippen molar-refractivity contribution >= 4 is 11.9 Å². The number of aliphatic hydroxyl groups is 1. The van der Waals surface area contributed by atoms with E-state index in [1.165, 1.54) is 6.08 Å². The summed E-state index contributed by atoms with van der Waals surface area (Å²) in [7, 11) is 0. The average molecular weight is 160 g/mol. The lowest BCUT2D eigenvalue weighted by Crippen LogP contribution is -2.21. The molecule has 0 fully saturated rings. The van der Waals surface area contributed by atoms with Gasteiger partial charge in [0.2, 0.25) is 0 Å². The largest absolute Gasteiger partial charge is 0.381 e. The van der Waals surface area contributed by atoms with Crippen LogP contribution in [0, 0.1) is 0 Å². The zero-order chi connectivity index (χ0) is 8.55. The number of carbonyl (C=O) groups is 1. The molecule has 0 saturated carbocycles. The third kappa shape index (κ3) is 0.970. The molecule has 1 atom stereocenters. The highest BCUT2D eigenvalue weighted by atomic mass is 16.3. The van der Waals surface area contributed by atoms with E-state index in [1.807, 2.05) is 12.1 Å². The summed E-state index contributed by atoms with van der Waals surface area (Å²) in [4.78, 5) is 11.3. The van der Waals surface area contributed by atoms with Gasteiger partial charge >= 0.3 is 0 Å². The van der Waals surface area contributed by atoms with Gasteiger partial charge in [-0.05, 0) is 11.6 Å². The molecular weight excluding hydrogens is 152 g/mol. The van der Waals surface area contributed by atoms with Crippen LogP contribution in [0.25, 0.3) is 6.08 Å². The van der Waals surface area contributed by atoms with E-state index in [0.29, 0.717) is 5.56 Å². The van der Waals surface area contributed by atoms with E-state index in [2.05, 4.69) is 0 Å². The van der Waals surface area contributed by atoms with Crippen LogP contribution < -0.4 is 0 Å². The van der Waals surface area contributed by atoms with Crippen LogP contribution in [0.3, 0.4) is 0 Å². The summed E-state index contributed by atoms with van der Waals surface area (Å²) in [6.45, 7) is 0. The molecule has 12 heavy (non-hydrogen) atoms. The summed E-state index contributed by atoms with van der Waals surface area (Å²) in [5.41, 5.74) is 1.49. The minimum Gasteiger partial charge on any atom is -0.381 e. The fourth-order valence-corrected chi connectivity index (χ4v) is 1.31. The number of hydrogen-bond donors (Lipinski definition) is 1. The molecule has 1 aliphatic carbocycles. The Balaban J connectivity index is 2.59. The van der Waals surface area contributed by atoms with E-state index < -0.39 is 6.10 Å². The van der Waals surface area contributed by atoms with Gasteiger partial charge < -0.3 is 5.11 Å². The zero-order valence-electron chi connectivity index (χ0n) is 6.40. The number of fused-ring (bicyclic) bond motifs is 1. The van der Waals surface area contributed by atoms with Gasteiger partial charge in [-0.25, -0.2) is 0 Å². The topological polar surface area (TPSA) is 37.3 Å². The highest BCUT2D eigenvalue weighted by molar-refractivity contribution is 6.05. The molecule has 0 spiro atoms. The van der Waals surface area contributed by atoms with Crippen molar-refractivity contribution in [2.45, 2.75) is 6.10 Å². The molecule has 1 unspecified atom stereocenters. The SMILES string of the molecule is O=C1c2ccccc2C=CC1O. The van der Waals surface area contributed by atoms with E-state index >= 15 is 0 Å². The Bertz CT molecular complexity index is 353.